The van der Waals surface area contributed by atoms with E-state index < -0.39 is 0 Å². The zero-order valence-electron chi connectivity index (χ0n) is 12.4. The predicted molar refractivity (Wildman–Crippen MR) is 79.9 cm³/mol. The first kappa shape index (κ1) is 14.8. The lowest BCUT2D eigenvalue weighted by atomic mass is 9.79. The first-order valence-corrected chi connectivity index (χ1v) is 8.03. The van der Waals surface area contributed by atoms with Crippen molar-refractivity contribution in [1.29, 1.82) is 0 Å². The van der Waals surface area contributed by atoms with Crippen molar-refractivity contribution in [3.8, 4) is 5.75 Å². The Morgan fingerprint density at radius 3 is 2.81 bits per heavy atom. The third-order valence-corrected chi connectivity index (χ3v) is 4.84. The molecule has 2 aliphatic rings. The molecular weight excluding hydrogens is 269 g/mol. The second-order valence-electron chi connectivity index (χ2n) is 6.34. The van der Waals surface area contributed by atoms with Gasteiger partial charge in [-0.05, 0) is 49.4 Å². The van der Waals surface area contributed by atoms with E-state index in [9.17, 15) is 9.50 Å². The maximum Gasteiger partial charge on any atom is 0.123 e. The molecule has 0 radical (unpaired) electrons. The molecule has 0 aromatic heterocycles. The fourth-order valence-electron chi connectivity index (χ4n) is 3.63. The second kappa shape index (κ2) is 6.75. The highest BCUT2D eigenvalue weighted by molar-refractivity contribution is 5.37. The van der Waals surface area contributed by atoms with Gasteiger partial charge in [-0.2, -0.15) is 0 Å². The van der Waals surface area contributed by atoms with Gasteiger partial charge in [0.05, 0.1) is 0 Å². The van der Waals surface area contributed by atoms with Crippen LogP contribution in [0.2, 0.25) is 0 Å². The van der Waals surface area contributed by atoms with E-state index in [1.54, 1.807) is 12.1 Å². The van der Waals surface area contributed by atoms with Crippen LogP contribution in [0.15, 0.2) is 18.2 Å². The van der Waals surface area contributed by atoms with Crippen LogP contribution in [0.1, 0.15) is 31.2 Å². The number of halogens is 1. The standard InChI is InChI=1S/C17H24FNO2/c18-15-5-6-17-14(7-15)8-16(21-17)10-19-9-12-3-1-2-4-13(12)11-20/h5-7,12-13,16,19-20H,1-4,8-11H2. The quantitative estimate of drug-likeness (QED) is 0.876. The molecule has 1 aromatic rings. The zero-order chi connectivity index (χ0) is 14.7. The summed E-state index contributed by atoms with van der Waals surface area (Å²) in [5, 5.41) is 12.9. The summed E-state index contributed by atoms with van der Waals surface area (Å²) < 4.78 is 19.0. The number of hydrogen-bond acceptors (Lipinski definition) is 3. The number of rotatable bonds is 5. The molecule has 0 spiro atoms. The van der Waals surface area contributed by atoms with Crippen molar-refractivity contribution in [2.45, 2.75) is 38.2 Å². The number of nitrogens with one attached hydrogen (secondary N) is 1. The highest BCUT2D eigenvalue weighted by Crippen LogP contribution is 2.30. The Bertz CT molecular complexity index is 480. The summed E-state index contributed by atoms with van der Waals surface area (Å²) in [7, 11) is 0. The normalized spacial score (nSPS) is 28.2. The van der Waals surface area contributed by atoms with E-state index in [2.05, 4.69) is 5.32 Å². The predicted octanol–water partition coefficient (Wildman–Crippen LogP) is 2.52. The summed E-state index contributed by atoms with van der Waals surface area (Å²) >= 11 is 0. The van der Waals surface area contributed by atoms with Crippen molar-refractivity contribution in [2.75, 3.05) is 19.7 Å². The number of ether oxygens (including phenoxy) is 1. The van der Waals surface area contributed by atoms with Crippen LogP contribution in [0.5, 0.6) is 5.75 Å². The van der Waals surface area contributed by atoms with Crippen molar-refractivity contribution >= 4 is 0 Å². The molecule has 1 aliphatic heterocycles. The van der Waals surface area contributed by atoms with Crippen LogP contribution in [-0.2, 0) is 6.42 Å². The minimum absolute atomic E-state index is 0.0953. The number of aliphatic hydroxyl groups is 1. The number of hydrogen-bond donors (Lipinski definition) is 2. The molecule has 1 heterocycles. The Balaban J connectivity index is 1.44. The highest BCUT2D eigenvalue weighted by atomic mass is 19.1. The molecule has 1 aromatic carbocycles. The third kappa shape index (κ3) is 3.55. The number of fused-ring (bicyclic) bond motifs is 1. The van der Waals surface area contributed by atoms with Crippen LogP contribution >= 0.6 is 0 Å². The first-order valence-electron chi connectivity index (χ1n) is 8.03. The van der Waals surface area contributed by atoms with Gasteiger partial charge in [-0.1, -0.05) is 12.8 Å². The lowest BCUT2D eigenvalue weighted by Crippen LogP contribution is -2.37. The van der Waals surface area contributed by atoms with Gasteiger partial charge < -0.3 is 15.2 Å². The Morgan fingerprint density at radius 2 is 2.00 bits per heavy atom. The van der Waals surface area contributed by atoms with Gasteiger partial charge in [0.25, 0.3) is 0 Å². The van der Waals surface area contributed by atoms with Gasteiger partial charge in [0.15, 0.2) is 0 Å². The average molecular weight is 293 g/mol. The summed E-state index contributed by atoms with van der Waals surface area (Å²) in [6.07, 6.45) is 5.73. The lowest BCUT2D eigenvalue weighted by molar-refractivity contribution is 0.130. The molecule has 4 heteroatoms. The topological polar surface area (TPSA) is 41.5 Å². The molecule has 21 heavy (non-hydrogen) atoms. The van der Waals surface area contributed by atoms with Gasteiger partial charge in [0.2, 0.25) is 0 Å². The molecule has 3 atom stereocenters. The minimum atomic E-state index is -0.195. The van der Waals surface area contributed by atoms with Crippen molar-refractivity contribution in [2.24, 2.45) is 11.8 Å². The second-order valence-corrected chi connectivity index (χ2v) is 6.34. The average Bonchev–Trinajstić information content (AvgIpc) is 2.89. The van der Waals surface area contributed by atoms with Gasteiger partial charge in [-0.25, -0.2) is 4.39 Å². The van der Waals surface area contributed by atoms with E-state index in [-0.39, 0.29) is 11.9 Å². The van der Waals surface area contributed by atoms with Gasteiger partial charge in [0, 0.05) is 25.1 Å². The Morgan fingerprint density at radius 1 is 1.19 bits per heavy atom. The van der Waals surface area contributed by atoms with Crippen LogP contribution in [0, 0.1) is 17.7 Å². The van der Waals surface area contributed by atoms with Crippen LogP contribution in [-0.4, -0.2) is 30.9 Å². The molecule has 2 N–H and O–H groups in total. The molecule has 0 bridgehead atoms. The van der Waals surface area contributed by atoms with Gasteiger partial charge in [-0.15, -0.1) is 0 Å². The van der Waals surface area contributed by atoms with Gasteiger partial charge in [0.1, 0.15) is 17.7 Å². The van der Waals surface area contributed by atoms with Crippen molar-refractivity contribution in [1.82, 2.24) is 5.32 Å². The molecule has 0 saturated heterocycles. The molecule has 1 fully saturated rings. The molecule has 3 unspecified atom stereocenters. The Labute approximate surface area is 125 Å². The van der Waals surface area contributed by atoms with Gasteiger partial charge >= 0.3 is 0 Å². The summed E-state index contributed by atoms with van der Waals surface area (Å²) in [5.41, 5.74) is 0.965. The molecular formula is C17H24FNO2. The van der Waals surface area contributed by atoms with Crippen LogP contribution in [0.25, 0.3) is 0 Å². The monoisotopic (exact) mass is 293 g/mol. The molecule has 3 nitrogen and oxygen atoms in total. The molecule has 0 amide bonds. The van der Waals surface area contributed by atoms with E-state index in [0.717, 1.165) is 37.2 Å². The smallest absolute Gasteiger partial charge is 0.123 e. The summed E-state index contributed by atoms with van der Waals surface area (Å²) in [5.74, 6) is 1.64. The largest absolute Gasteiger partial charge is 0.488 e. The fourth-order valence-corrected chi connectivity index (χ4v) is 3.63. The maximum atomic E-state index is 13.2. The van der Waals surface area contributed by atoms with E-state index >= 15 is 0 Å². The maximum absolute atomic E-state index is 13.2. The van der Waals surface area contributed by atoms with E-state index in [4.69, 9.17) is 4.74 Å². The first-order chi connectivity index (χ1) is 10.3. The van der Waals surface area contributed by atoms with Crippen LogP contribution in [0.3, 0.4) is 0 Å². The van der Waals surface area contributed by atoms with E-state index in [1.807, 2.05) is 0 Å². The number of aliphatic hydroxyl groups excluding tert-OH is 1. The van der Waals surface area contributed by atoms with E-state index in [1.165, 1.54) is 25.3 Å². The molecule has 1 saturated carbocycles. The highest BCUT2D eigenvalue weighted by Gasteiger charge is 2.26. The summed E-state index contributed by atoms with van der Waals surface area (Å²) in [6.45, 7) is 2.03. The van der Waals surface area contributed by atoms with Crippen LogP contribution in [0.4, 0.5) is 4.39 Å². The Kier molecular flexibility index (Phi) is 4.76. The third-order valence-electron chi connectivity index (χ3n) is 4.84. The summed E-state index contributed by atoms with van der Waals surface area (Å²) in [4.78, 5) is 0. The van der Waals surface area contributed by atoms with Crippen molar-refractivity contribution < 1.29 is 14.2 Å². The summed E-state index contributed by atoms with van der Waals surface area (Å²) in [6, 6.07) is 4.73. The molecule has 3 rings (SSSR count). The Hall–Kier alpha value is -1.13. The zero-order valence-corrected chi connectivity index (χ0v) is 12.4. The number of benzene rings is 1. The fraction of sp³-hybridized carbons (Fsp3) is 0.647. The molecule has 116 valence electrons. The van der Waals surface area contributed by atoms with Gasteiger partial charge in [-0.3, -0.25) is 0 Å². The van der Waals surface area contributed by atoms with Crippen molar-refractivity contribution in [3.05, 3.63) is 29.6 Å². The van der Waals surface area contributed by atoms with Crippen LogP contribution < -0.4 is 10.1 Å². The lowest BCUT2D eigenvalue weighted by Gasteiger charge is -2.30. The van der Waals surface area contributed by atoms with E-state index in [0.29, 0.717) is 18.4 Å². The van der Waals surface area contributed by atoms with Crippen molar-refractivity contribution in [3.63, 3.8) is 0 Å². The SMILES string of the molecule is OCC1CCCCC1CNCC1Cc2cc(F)ccc2O1. The minimum Gasteiger partial charge on any atom is -0.488 e. The molecule has 1 aliphatic carbocycles.